The van der Waals surface area contributed by atoms with E-state index in [1.54, 1.807) is 6.92 Å². The number of benzene rings is 1. The number of amides is 1. The maximum Gasteiger partial charge on any atom is 0.416 e. The first-order valence-corrected chi connectivity index (χ1v) is 5.02. The fraction of sp³-hybridized carbons (Fsp3) is 0.300. The van der Waals surface area contributed by atoms with Crippen molar-refractivity contribution in [3.8, 4) is 0 Å². The fourth-order valence-electron chi connectivity index (χ4n) is 1.11. The summed E-state index contributed by atoms with van der Waals surface area (Å²) in [6.07, 6.45) is -5.35. The number of nitrogens with one attached hydrogen (secondary N) is 1. The zero-order valence-corrected chi connectivity index (χ0v) is 9.52. The van der Waals surface area contributed by atoms with Crippen LogP contribution in [0.2, 0.25) is 5.02 Å². The normalized spacial score (nSPS) is 11.1. The lowest BCUT2D eigenvalue weighted by atomic mass is 10.2. The SMILES string of the molecule is CCOC(=O)Nc1cc(Cl)cc(C(F)(F)F)c1. The maximum atomic E-state index is 12.4. The molecule has 0 bridgehead atoms. The van der Waals surface area contributed by atoms with Gasteiger partial charge in [-0.2, -0.15) is 13.2 Å². The molecular formula is C10H9ClF3NO2. The van der Waals surface area contributed by atoms with Crippen LogP contribution in [0.5, 0.6) is 0 Å². The summed E-state index contributed by atoms with van der Waals surface area (Å²) in [5, 5.41) is 2.03. The molecule has 0 spiro atoms. The highest BCUT2D eigenvalue weighted by molar-refractivity contribution is 6.31. The van der Waals surface area contributed by atoms with Crippen LogP contribution in [-0.4, -0.2) is 12.7 Å². The van der Waals surface area contributed by atoms with Crippen LogP contribution in [0.25, 0.3) is 0 Å². The van der Waals surface area contributed by atoms with Gasteiger partial charge in [0.05, 0.1) is 12.2 Å². The standard InChI is InChI=1S/C10H9ClF3NO2/c1-2-17-9(16)15-8-4-6(10(12,13)14)3-7(11)5-8/h3-5H,2H2,1H3,(H,15,16). The molecule has 0 atom stereocenters. The van der Waals surface area contributed by atoms with Crippen LogP contribution in [0.3, 0.4) is 0 Å². The summed E-state index contributed by atoms with van der Waals surface area (Å²) in [6, 6.07) is 2.76. The van der Waals surface area contributed by atoms with E-state index < -0.39 is 17.8 Å². The number of ether oxygens (including phenoxy) is 1. The van der Waals surface area contributed by atoms with E-state index in [1.165, 1.54) is 6.07 Å². The van der Waals surface area contributed by atoms with Crippen molar-refractivity contribution in [2.45, 2.75) is 13.1 Å². The lowest BCUT2D eigenvalue weighted by Crippen LogP contribution is -2.14. The summed E-state index contributed by atoms with van der Waals surface area (Å²) < 4.78 is 41.8. The maximum absolute atomic E-state index is 12.4. The van der Waals surface area contributed by atoms with E-state index in [0.29, 0.717) is 0 Å². The van der Waals surface area contributed by atoms with Crippen molar-refractivity contribution < 1.29 is 22.7 Å². The van der Waals surface area contributed by atoms with E-state index >= 15 is 0 Å². The number of rotatable bonds is 2. The number of carbonyl (C=O) groups excluding carboxylic acids is 1. The summed E-state index contributed by atoms with van der Waals surface area (Å²) in [5.41, 5.74) is -1.000. The van der Waals surface area contributed by atoms with Gasteiger partial charge in [0.2, 0.25) is 0 Å². The monoisotopic (exact) mass is 267 g/mol. The van der Waals surface area contributed by atoms with Gasteiger partial charge in [-0.1, -0.05) is 11.6 Å². The molecule has 0 aliphatic heterocycles. The second-order valence-electron chi connectivity index (χ2n) is 3.07. The predicted molar refractivity (Wildman–Crippen MR) is 57.1 cm³/mol. The Bertz CT molecular complexity index is 421. The molecule has 0 saturated carbocycles. The minimum atomic E-state index is -4.52. The lowest BCUT2D eigenvalue weighted by molar-refractivity contribution is -0.137. The molecule has 0 fully saturated rings. The van der Waals surface area contributed by atoms with Crippen molar-refractivity contribution in [3.63, 3.8) is 0 Å². The van der Waals surface area contributed by atoms with E-state index in [4.69, 9.17) is 11.6 Å². The molecule has 17 heavy (non-hydrogen) atoms. The first-order chi connectivity index (χ1) is 7.82. The molecule has 0 saturated heterocycles. The third-order valence-electron chi connectivity index (χ3n) is 1.75. The van der Waals surface area contributed by atoms with Crippen LogP contribution in [0.15, 0.2) is 18.2 Å². The molecule has 1 N–H and O–H groups in total. The van der Waals surface area contributed by atoms with Gasteiger partial charge in [-0.05, 0) is 25.1 Å². The highest BCUT2D eigenvalue weighted by Crippen LogP contribution is 2.33. The highest BCUT2D eigenvalue weighted by Gasteiger charge is 2.31. The summed E-state index contributed by atoms with van der Waals surface area (Å²) in [5.74, 6) is 0. The molecule has 0 unspecified atom stereocenters. The van der Waals surface area contributed by atoms with Gasteiger partial charge in [0.15, 0.2) is 0 Å². The average molecular weight is 268 g/mol. The van der Waals surface area contributed by atoms with Gasteiger partial charge < -0.3 is 4.74 Å². The van der Waals surface area contributed by atoms with Crippen molar-refractivity contribution in [2.75, 3.05) is 11.9 Å². The third-order valence-corrected chi connectivity index (χ3v) is 1.97. The summed E-state index contributed by atoms with van der Waals surface area (Å²) in [7, 11) is 0. The van der Waals surface area contributed by atoms with E-state index in [9.17, 15) is 18.0 Å². The first kappa shape index (κ1) is 13.6. The van der Waals surface area contributed by atoms with Crippen molar-refractivity contribution in [1.82, 2.24) is 0 Å². The van der Waals surface area contributed by atoms with Crippen molar-refractivity contribution in [3.05, 3.63) is 28.8 Å². The Balaban J connectivity index is 2.94. The zero-order valence-electron chi connectivity index (χ0n) is 8.77. The summed E-state index contributed by atoms with van der Waals surface area (Å²) in [4.78, 5) is 11.0. The Kier molecular flexibility index (Phi) is 4.22. The van der Waals surface area contributed by atoms with Gasteiger partial charge >= 0.3 is 12.3 Å². The second-order valence-corrected chi connectivity index (χ2v) is 3.51. The topological polar surface area (TPSA) is 38.3 Å². The molecule has 1 rings (SSSR count). The Morgan fingerprint density at radius 2 is 2.06 bits per heavy atom. The van der Waals surface area contributed by atoms with Gasteiger partial charge in [-0.3, -0.25) is 5.32 Å². The van der Waals surface area contributed by atoms with Crippen LogP contribution in [0.4, 0.5) is 23.7 Å². The number of hydrogen-bond acceptors (Lipinski definition) is 2. The molecule has 1 aromatic rings. The van der Waals surface area contributed by atoms with Crippen LogP contribution < -0.4 is 5.32 Å². The summed E-state index contributed by atoms with van der Waals surface area (Å²) in [6.45, 7) is 1.71. The number of carbonyl (C=O) groups is 1. The molecule has 0 heterocycles. The molecular weight excluding hydrogens is 259 g/mol. The third kappa shape index (κ3) is 4.14. The number of halogens is 4. The van der Waals surface area contributed by atoms with E-state index in [0.717, 1.165) is 12.1 Å². The van der Waals surface area contributed by atoms with Gasteiger partial charge in [0.25, 0.3) is 0 Å². The smallest absolute Gasteiger partial charge is 0.416 e. The summed E-state index contributed by atoms with van der Waals surface area (Å²) >= 11 is 5.52. The lowest BCUT2D eigenvalue weighted by Gasteiger charge is -2.10. The number of alkyl halides is 3. The van der Waals surface area contributed by atoms with Crippen LogP contribution >= 0.6 is 11.6 Å². The second kappa shape index (κ2) is 5.27. The number of hydrogen-bond donors (Lipinski definition) is 1. The molecule has 1 amide bonds. The Morgan fingerprint density at radius 1 is 1.41 bits per heavy atom. The van der Waals surface area contributed by atoms with E-state index in [2.05, 4.69) is 10.1 Å². The van der Waals surface area contributed by atoms with Crippen LogP contribution in [0.1, 0.15) is 12.5 Å². The fourth-order valence-corrected chi connectivity index (χ4v) is 1.35. The minimum Gasteiger partial charge on any atom is -0.450 e. The molecule has 94 valence electrons. The Labute approximate surface area is 101 Å². The van der Waals surface area contributed by atoms with Crippen LogP contribution in [0, 0.1) is 0 Å². The van der Waals surface area contributed by atoms with Crippen molar-refractivity contribution in [2.24, 2.45) is 0 Å². The molecule has 3 nitrogen and oxygen atoms in total. The van der Waals surface area contributed by atoms with Gasteiger partial charge in [-0.25, -0.2) is 4.79 Å². The molecule has 1 aromatic carbocycles. The molecule has 0 aromatic heterocycles. The molecule has 0 aliphatic carbocycles. The first-order valence-electron chi connectivity index (χ1n) is 4.64. The minimum absolute atomic E-state index is 0.0664. The van der Waals surface area contributed by atoms with E-state index in [1.807, 2.05) is 0 Å². The zero-order chi connectivity index (χ0) is 13.1. The van der Waals surface area contributed by atoms with Crippen molar-refractivity contribution in [1.29, 1.82) is 0 Å². The quantitative estimate of drug-likeness (QED) is 0.882. The largest absolute Gasteiger partial charge is 0.450 e. The Hall–Kier alpha value is -1.43. The number of anilines is 1. The molecule has 0 radical (unpaired) electrons. The van der Waals surface area contributed by atoms with Gasteiger partial charge in [-0.15, -0.1) is 0 Å². The highest BCUT2D eigenvalue weighted by atomic mass is 35.5. The van der Waals surface area contributed by atoms with Gasteiger partial charge in [0.1, 0.15) is 0 Å². The Morgan fingerprint density at radius 3 is 2.59 bits per heavy atom. The molecule has 7 heteroatoms. The van der Waals surface area contributed by atoms with E-state index in [-0.39, 0.29) is 17.3 Å². The average Bonchev–Trinajstić information content (AvgIpc) is 2.15. The van der Waals surface area contributed by atoms with Gasteiger partial charge in [0, 0.05) is 10.7 Å². The molecule has 0 aliphatic rings. The van der Waals surface area contributed by atoms with Crippen molar-refractivity contribution >= 4 is 23.4 Å². The van der Waals surface area contributed by atoms with Crippen LogP contribution in [-0.2, 0) is 10.9 Å². The predicted octanol–water partition coefficient (Wildman–Crippen LogP) is 3.93.